The maximum absolute atomic E-state index is 12.8. The maximum Gasteiger partial charge on any atom is 0.225 e. The van der Waals surface area contributed by atoms with Crippen molar-refractivity contribution in [3.05, 3.63) is 88.3 Å². The van der Waals surface area contributed by atoms with Crippen molar-refractivity contribution < 1.29 is 4.79 Å². The van der Waals surface area contributed by atoms with Gasteiger partial charge in [0.2, 0.25) is 5.91 Å². The van der Waals surface area contributed by atoms with Gasteiger partial charge in [0.05, 0.1) is 5.92 Å². The van der Waals surface area contributed by atoms with Gasteiger partial charge in [0.15, 0.2) is 11.6 Å². The highest BCUT2D eigenvalue weighted by Crippen LogP contribution is 2.24. The van der Waals surface area contributed by atoms with Gasteiger partial charge >= 0.3 is 0 Å². The van der Waals surface area contributed by atoms with E-state index in [2.05, 4.69) is 72.3 Å². The minimum absolute atomic E-state index is 0.0580. The van der Waals surface area contributed by atoms with E-state index in [1.165, 1.54) is 3.57 Å². The third kappa shape index (κ3) is 5.11. The van der Waals surface area contributed by atoms with Crippen LogP contribution in [0.3, 0.4) is 0 Å². The monoisotopic (exact) mass is 564 g/mol. The molecule has 0 saturated carbocycles. The van der Waals surface area contributed by atoms with Crippen LogP contribution in [0.25, 0.3) is 17.2 Å². The highest BCUT2D eigenvalue weighted by Gasteiger charge is 2.26. The molecule has 0 spiro atoms. The van der Waals surface area contributed by atoms with E-state index in [-0.39, 0.29) is 11.8 Å². The summed E-state index contributed by atoms with van der Waals surface area (Å²) in [6.45, 7) is 2.07. The van der Waals surface area contributed by atoms with Crippen molar-refractivity contribution in [1.29, 1.82) is 0 Å². The molecule has 7 nitrogen and oxygen atoms in total. The molecule has 34 heavy (non-hydrogen) atoms. The second kappa shape index (κ2) is 10.3. The summed E-state index contributed by atoms with van der Waals surface area (Å²) in [5, 5.41) is 12.0. The molecular formula is C26H25IN6O. The zero-order valence-corrected chi connectivity index (χ0v) is 20.8. The predicted molar refractivity (Wildman–Crippen MR) is 141 cm³/mol. The van der Waals surface area contributed by atoms with Crippen LogP contribution in [0.5, 0.6) is 0 Å². The first-order chi connectivity index (χ1) is 16.7. The highest BCUT2D eigenvalue weighted by molar-refractivity contribution is 14.1. The van der Waals surface area contributed by atoms with E-state index in [4.69, 9.17) is 0 Å². The lowest BCUT2D eigenvalue weighted by molar-refractivity contribution is -0.125. The number of carbonyl (C=O) groups excluding carboxylic acids is 1. The molecule has 1 atom stereocenters. The van der Waals surface area contributed by atoms with E-state index in [9.17, 15) is 4.79 Å². The average Bonchev–Trinajstić information content (AvgIpc) is 3.39. The maximum atomic E-state index is 12.8. The van der Waals surface area contributed by atoms with Crippen LogP contribution in [0.4, 0.5) is 5.82 Å². The summed E-state index contributed by atoms with van der Waals surface area (Å²) < 4.78 is 3.12. The second-order valence-electron chi connectivity index (χ2n) is 8.37. The van der Waals surface area contributed by atoms with E-state index in [1.54, 1.807) is 6.20 Å². The van der Waals surface area contributed by atoms with Gasteiger partial charge in [-0.25, -0.2) is 4.98 Å². The number of hydrogen-bond donors (Lipinski definition) is 1. The Hall–Kier alpha value is -3.27. The summed E-state index contributed by atoms with van der Waals surface area (Å²) >= 11 is 2.28. The highest BCUT2D eigenvalue weighted by atomic mass is 127. The number of piperidine rings is 1. The fourth-order valence-corrected chi connectivity index (χ4v) is 4.60. The third-order valence-corrected chi connectivity index (χ3v) is 6.77. The molecule has 0 radical (unpaired) electrons. The summed E-state index contributed by atoms with van der Waals surface area (Å²) in [4.78, 5) is 19.5. The second-order valence-corrected chi connectivity index (χ2v) is 9.61. The number of rotatable bonds is 6. The van der Waals surface area contributed by atoms with Crippen molar-refractivity contribution in [2.45, 2.75) is 19.4 Å². The molecule has 1 aliphatic heterocycles. The van der Waals surface area contributed by atoms with Gasteiger partial charge in [-0.1, -0.05) is 42.5 Å². The summed E-state index contributed by atoms with van der Waals surface area (Å²) in [5.74, 6) is 2.37. The fourth-order valence-electron chi connectivity index (χ4n) is 4.24. The van der Waals surface area contributed by atoms with Crippen molar-refractivity contribution in [1.82, 2.24) is 25.1 Å². The van der Waals surface area contributed by atoms with Gasteiger partial charge in [-0.05, 0) is 65.3 Å². The van der Waals surface area contributed by atoms with Gasteiger partial charge in [0.25, 0.3) is 0 Å². The number of benzene rings is 2. The molecule has 1 saturated heterocycles. The van der Waals surface area contributed by atoms with Crippen molar-refractivity contribution >= 4 is 34.3 Å². The Morgan fingerprint density at radius 2 is 1.76 bits per heavy atom. The molecule has 8 heteroatoms. The normalized spacial score (nSPS) is 15.8. The first-order valence-electron chi connectivity index (χ1n) is 11.4. The standard InChI is InChI=1S/C26H25IN6O/c27-22-10-8-19(9-11-22)17-29-26(34)21-7-4-15-32(18-21)23-12-13-24(31-30-23)33-16-14-28-25(33)20-5-2-1-3-6-20/h1-3,5-6,8-14,16,21H,4,7,15,17-18H2,(H,29,34). The van der Waals surface area contributed by atoms with Crippen LogP contribution in [-0.2, 0) is 11.3 Å². The number of aromatic nitrogens is 4. The molecule has 2 aromatic heterocycles. The SMILES string of the molecule is O=C(NCc1ccc(I)cc1)C1CCCN(c2ccc(-n3ccnc3-c3ccccc3)nn2)C1. The number of halogens is 1. The van der Waals surface area contributed by atoms with Crippen LogP contribution >= 0.6 is 22.6 Å². The quantitative estimate of drug-likeness (QED) is 0.350. The minimum atomic E-state index is -0.0580. The van der Waals surface area contributed by atoms with Crippen molar-refractivity contribution in [3.63, 3.8) is 0 Å². The number of nitrogens with zero attached hydrogens (tertiary/aromatic N) is 5. The Balaban J connectivity index is 1.24. The number of imidazole rings is 1. The van der Waals surface area contributed by atoms with Crippen LogP contribution in [0, 0.1) is 9.49 Å². The Morgan fingerprint density at radius 3 is 2.53 bits per heavy atom. The number of hydrogen-bond acceptors (Lipinski definition) is 5. The summed E-state index contributed by atoms with van der Waals surface area (Å²) in [5.41, 5.74) is 2.13. The molecule has 0 aliphatic carbocycles. The topological polar surface area (TPSA) is 75.9 Å². The zero-order chi connectivity index (χ0) is 23.3. The molecule has 2 aromatic carbocycles. The van der Waals surface area contributed by atoms with E-state index in [0.29, 0.717) is 18.9 Å². The molecule has 1 unspecified atom stereocenters. The third-order valence-electron chi connectivity index (χ3n) is 6.05. The molecule has 172 valence electrons. The van der Waals surface area contributed by atoms with E-state index in [1.807, 2.05) is 53.2 Å². The Labute approximate surface area is 212 Å². The van der Waals surface area contributed by atoms with Crippen LogP contribution in [0.15, 0.2) is 79.1 Å². The molecule has 0 bridgehead atoms. The number of carbonyl (C=O) groups is 1. The molecule has 3 heterocycles. The summed E-state index contributed by atoms with van der Waals surface area (Å²) in [6.07, 6.45) is 5.49. The lowest BCUT2D eigenvalue weighted by Crippen LogP contribution is -2.43. The Kier molecular flexibility index (Phi) is 6.84. The van der Waals surface area contributed by atoms with Crippen LogP contribution in [0.2, 0.25) is 0 Å². The van der Waals surface area contributed by atoms with E-state index < -0.39 is 0 Å². The van der Waals surface area contributed by atoms with Gasteiger partial charge in [-0.15, -0.1) is 10.2 Å². The van der Waals surface area contributed by atoms with Crippen LogP contribution in [0.1, 0.15) is 18.4 Å². The molecule has 1 amide bonds. The van der Waals surface area contributed by atoms with Gasteiger partial charge in [0.1, 0.15) is 5.82 Å². The molecule has 1 fully saturated rings. The van der Waals surface area contributed by atoms with Gasteiger partial charge in [-0.2, -0.15) is 0 Å². The largest absolute Gasteiger partial charge is 0.354 e. The zero-order valence-electron chi connectivity index (χ0n) is 18.6. The average molecular weight is 564 g/mol. The molecular weight excluding hydrogens is 539 g/mol. The van der Waals surface area contributed by atoms with E-state index >= 15 is 0 Å². The van der Waals surface area contributed by atoms with Crippen molar-refractivity contribution in [3.8, 4) is 17.2 Å². The first kappa shape index (κ1) is 22.5. The molecule has 1 aliphatic rings. The fraction of sp³-hybridized carbons (Fsp3) is 0.231. The minimum Gasteiger partial charge on any atom is -0.354 e. The number of nitrogens with one attached hydrogen (secondary N) is 1. The Morgan fingerprint density at radius 1 is 1.00 bits per heavy atom. The molecule has 5 rings (SSSR count). The Bertz CT molecular complexity index is 1240. The lowest BCUT2D eigenvalue weighted by atomic mass is 9.97. The number of anilines is 1. The molecule has 1 N–H and O–H groups in total. The van der Waals surface area contributed by atoms with Gasteiger partial charge < -0.3 is 10.2 Å². The van der Waals surface area contributed by atoms with Crippen LogP contribution in [-0.4, -0.2) is 38.7 Å². The van der Waals surface area contributed by atoms with Crippen molar-refractivity contribution in [2.24, 2.45) is 5.92 Å². The van der Waals surface area contributed by atoms with Gasteiger partial charge in [-0.3, -0.25) is 9.36 Å². The first-order valence-corrected chi connectivity index (χ1v) is 12.5. The van der Waals surface area contributed by atoms with Crippen molar-refractivity contribution in [2.75, 3.05) is 18.0 Å². The van der Waals surface area contributed by atoms with Crippen LogP contribution < -0.4 is 10.2 Å². The summed E-state index contributed by atoms with van der Waals surface area (Å²) in [7, 11) is 0. The summed E-state index contributed by atoms with van der Waals surface area (Å²) in [6, 6.07) is 22.2. The molecule has 4 aromatic rings. The van der Waals surface area contributed by atoms with E-state index in [0.717, 1.165) is 42.2 Å². The lowest BCUT2D eigenvalue weighted by Gasteiger charge is -2.32. The predicted octanol–water partition coefficient (Wildman–Crippen LogP) is 4.47. The smallest absolute Gasteiger partial charge is 0.225 e. The number of amides is 1. The van der Waals surface area contributed by atoms with Gasteiger partial charge in [0, 0.05) is 41.2 Å².